The van der Waals surface area contributed by atoms with Crippen LogP contribution < -0.4 is 0 Å². The zero-order valence-corrected chi connectivity index (χ0v) is 16.1. The maximum atomic E-state index is 12.2. The van der Waals surface area contributed by atoms with E-state index in [4.69, 9.17) is 9.47 Å². The van der Waals surface area contributed by atoms with Gasteiger partial charge >= 0.3 is 6.09 Å². The standard InChI is InChI=1S/C18H34N2O4/c1-16(2,3)20-11-14(12-21)23-18(13-20)7-9-19(10-8-18)15(22)24-17(4,5)6/h14,21H,7-13H2,1-6H3/t14-/m0/s1. The number of carbonyl (C=O) groups excluding carboxylic acids is 1. The van der Waals surface area contributed by atoms with Gasteiger partial charge in [-0.25, -0.2) is 4.79 Å². The maximum Gasteiger partial charge on any atom is 0.410 e. The van der Waals surface area contributed by atoms with Crippen molar-refractivity contribution in [1.82, 2.24) is 9.80 Å². The van der Waals surface area contributed by atoms with Crippen molar-refractivity contribution in [3.8, 4) is 0 Å². The summed E-state index contributed by atoms with van der Waals surface area (Å²) in [7, 11) is 0. The molecule has 2 aliphatic heterocycles. The number of morpholine rings is 1. The highest BCUT2D eigenvalue weighted by Gasteiger charge is 2.46. The number of hydrogen-bond acceptors (Lipinski definition) is 5. The first kappa shape index (κ1) is 19.5. The van der Waals surface area contributed by atoms with Crippen LogP contribution in [0.2, 0.25) is 0 Å². The molecule has 6 nitrogen and oxygen atoms in total. The number of carbonyl (C=O) groups is 1. The predicted octanol–water partition coefficient (Wildman–Crippen LogP) is 2.25. The van der Waals surface area contributed by atoms with Gasteiger partial charge in [-0.2, -0.15) is 0 Å². The van der Waals surface area contributed by atoms with Gasteiger partial charge < -0.3 is 19.5 Å². The van der Waals surface area contributed by atoms with Crippen LogP contribution in [0.5, 0.6) is 0 Å². The molecular weight excluding hydrogens is 308 g/mol. The minimum absolute atomic E-state index is 0.0319. The van der Waals surface area contributed by atoms with E-state index in [1.807, 2.05) is 20.8 Å². The van der Waals surface area contributed by atoms with Crippen LogP contribution in [0.15, 0.2) is 0 Å². The van der Waals surface area contributed by atoms with Crippen LogP contribution in [0.25, 0.3) is 0 Å². The molecule has 2 rings (SSSR count). The van der Waals surface area contributed by atoms with Gasteiger partial charge in [0.15, 0.2) is 0 Å². The van der Waals surface area contributed by atoms with Crippen molar-refractivity contribution in [3.63, 3.8) is 0 Å². The summed E-state index contributed by atoms with van der Waals surface area (Å²) >= 11 is 0. The summed E-state index contributed by atoms with van der Waals surface area (Å²) in [6.07, 6.45) is 1.13. The molecule has 0 aliphatic carbocycles. The van der Waals surface area contributed by atoms with Crippen molar-refractivity contribution in [2.24, 2.45) is 0 Å². The van der Waals surface area contributed by atoms with Gasteiger partial charge in [0.1, 0.15) is 5.60 Å². The topological polar surface area (TPSA) is 62.2 Å². The summed E-state index contributed by atoms with van der Waals surface area (Å²) in [4.78, 5) is 16.4. The molecule has 0 aromatic rings. The number of aliphatic hydroxyl groups is 1. The molecule has 140 valence electrons. The Bertz CT molecular complexity index is 445. The summed E-state index contributed by atoms with van der Waals surface area (Å²) in [5.74, 6) is 0. The van der Waals surface area contributed by atoms with E-state index in [0.29, 0.717) is 13.1 Å². The Morgan fingerprint density at radius 3 is 2.25 bits per heavy atom. The highest BCUT2D eigenvalue weighted by Crippen LogP contribution is 2.35. The highest BCUT2D eigenvalue weighted by atomic mass is 16.6. The van der Waals surface area contributed by atoms with E-state index in [9.17, 15) is 9.90 Å². The fourth-order valence-corrected chi connectivity index (χ4v) is 3.39. The lowest BCUT2D eigenvalue weighted by atomic mass is 9.87. The molecule has 2 fully saturated rings. The molecule has 0 aromatic carbocycles. The molecule has 1 amide bonds. The smallest absolute Gasteiger partial charge is 0.410 e. The molecule has 24 heavy (non-hydrogen) atoms. The van der Waals surface area contributed by atoms with E-state index in [-0.39, 0.29) is 29.9 Å². The average molecular weight is 342 g/mol. The van der Waals surface area contributed by atoms with Crippen molar-refractivity contribution in [1.29, 1.82) is 0 Å². The van der Waals surface area contributed by atoms with Crippen LogP contribution in [0.4, 0.5) is 4.79 Å². The fourth-order valence-electron chi connectivity index (χ4n) is 3.39. The predicted molar refractivity (Wildman–Crippen MR) is 93.1 cm³/mol. The molecule has 2 heterocycles. The Morgan fingerprint density at radius 1 is 1.21 bits per heavy atom. The SMILES string of the molecule is CC(C)(C)OC(=O)N1CCC2(CC1)CN(C(C)(C)C)C[C@@H](CO)O2. The molecule has 0 bridgehead atoms. The number of piperidine rings is 1. The quantitative estimate of drug-likeness (QED) is 0.792. The zero-order chi connectivity index (χ0) is 18.2. The molecule has 6 heteroatoms. The van der Waals surface area contributed by atoms with E-state index >= 15 is 0 Å². The van der Waals surface area contributed by atoms with Crippen molar-refractivity contribution >= 4 is 6.09 Å². The minimum Gasteiger partial charge on any atom is -0.444 e. The molecule has 2 saturated heterocycles. The number of aliphatic hydroxyl groups excluding tert-OH is 1. The number of rotatable bonds is 1. The second kappa shape index (κ2) is 6.81. The Hall–Kier alpha value is -0.850. The molecule has 0 saturated carbocycles. The third-order valence-electron chi connectivity index (χ3n) is 4.80. The van der Waals surface area contributed by atoms with Crippen molar-refractivity contribution in [2.45, 2.75) is 77.2 Å². The van der Waals surface area contributed by atoms with Crippen LogP contribution in [-0.4, -0.2) is 76.6 Å². The largest absolute Gasteiger partial charge is 0.444 e. The monoisotopic (exact) mass is 342 g/mol. The first-order valence-corrected chi connectivity index (χ1v) is 8.96. The number of likely N-dealkylation sites (tertiary alicyclic amines) is 1. The Morgan fingerprint density at radius 2 is 1.79 bits per heavy atom. The van der Waals surface area contributed by atoms with Gasteiger partial charge in [-0.15, -0.1) is 0 Å². The number of amides is 1. The second-order valence-electron chi connectivity index (χ2n) is 9.12. The van der Waals surface area contributed by atoms with Crippen LogP contribution in [0.3, 0.4) is 0 Å². The van der Waals surface area contributed by atoms with Crippen molar-refractivity contribution in [3.05, 3.63) is 0 Å². The first-order valence-electron chi connectivity index (χ1n) is 8.96. The van der Waals surface area contributed by atoms with Gasteiger partial charge in [0.2, 0.25) is 0 Å². The summed E-state index contributed by atoms with van der Waals surface area (Å²) in [5, 5.41) is 9.62. The molecule has 0 unspecified atom stereocenters. The van der Waals surface area contributed by atoms with Crippen LogP contribution >= 0.6 is 0 Å². The molecule has 0 radical (unpaired) electrons. The van der Waals surface area contributed by atoms with E-state index in [0.717, 1.165) is 25.9 Å². The van der Waals surface area contributed by atoms with Crippen molar-refractivity contribution < 1.29 is 19.4 Å². The molecule has 2 aliphatic rings. The third-order valence-corrected chi connectivity index (χ3v) is 4.80. The van der Waals surface area contributed by atoms with Crippen LogP contribution in [0.1, 0.15) is 54.4 Å². The molecule has 1 N–H and O–H groups in total. The van der Waals surface area contributed by atoms with E-state index in [1.54, 1.807) is 4.90 Å². The van der Waals surface area contributed by atoms with Gasteiger partial charge in [-0.1, -0.05) is 0 Å². The molecular formula is C18H34N2O4. The molecule has 1 atom stereocenters. The Kier molecular flexibility index (Phi) is 5.52. The van der Waals surface area contributed by atoms with Gasteiger partial charge in [-0.3, -0.25) is 4.90 Å². The molecule has 0 aromatic heterocycles. The van der Waals surface area contributed by atoms with Gasteiger partial charge in [0.25, 0.3) is 0 Å². The van der Waals surface area contributed by atoms with Crippen LogP contribution in [0, 0.1) is 0 Å². The lowest BCUT2D eigenvalue weighted by Crippen LogP contribution is -2.64. The van der Waals surface area contributed by atoms with Crippen LogP contribution in [-0.2, 0) is 9.47 Å². The van der Waals surface area contributed by atoms with E-state index < -0.39 is 5.60 Å². The van der Waals surface area contributed by atoms with Gasteiger partial charge in [-0.05, 0) is 54.4 Å². The summed E-state index contributed by atoms with van der Waals surface area (Å²) < 4.78 is 11.7. The number of ether oxygens (including phenoxy) is 2. The Balaban J connectivity index is 2.01. The van der Waals surface area contributed by atoms with Crippen molar-refractivity contribution in [2.75, 3.05) is 32.8 Å². The normalized spacial score (nSPS) is 25.8. The van der Waals surface area contributed by atoms with E-state index in [2.05, 4.69) is 25.7 Å². The summed E-state index contributed by atoms with van der Waals surface area (Å²) in [6.45, 7) is 15.1. The maximum absolute atomic E-state index is 12.2. The number of hydrogen-bond donors (Lipinski definition) is 1. The fraction of sp³-hybridized carbons (Fsp3) is 0.944. The summed E-state index contributed by atoms with van der Waals surface area (Å²) in [5.41, 5.74) is -0.720. The van der Waals surface area contributed by atoms with Gasteiger partial charge in [0.05, 0.1) is 18.3 Å². The molecule has 1 spiro atoms. The average Bonchev–Trinajstić information content (AvgIpc) is 2.44. The first-order chi connectivity index (χ1) is 10.9. The third kappa shape index (κ3) is 4.83. The second-order valence-corrected chi connectivity index (χ2v) is 9.12. The van der Waals surface area contributed by atoms with Gasteiger partial charge in [0, 0.05) is 31.7 Å². The highest BCUT2D eigenvalue weighted by molar-refractivity contribution is 5.68. The van der Waals surface area contributed by atoms with E-state index in [1.165, 1.54) is 0 Å². The number of nitrogens with zero attached hydrogens (tertiary/aromatic N) is 2. The lowest BCUT2D eigenvalue weighted by Gasteiger charge is -2.53. The minimum atomic E-state index is -0.474. The lowest BCUT2D eigenvalue weighted by molar-refractivity contribution is -0.196. The summed E-state index contributed by atoms with van der Waals surface area (Å²) in [6, 6.07) is 0. The Labute approximate surface area is 146 Å². The zero-order valence-electron chi connectivity index (χ0n) is 16.1.